The van der Waals surface area contributed by atoms with E-state index in [1.54, 1.807) is 31.4 Å². The van der Waals surface area contributed by atoms with Crippen molar-refractivity contribution in [1.82, 2.24) is 0 Å². The molecule has 6 nitrogen and oxygen atoms in total. The van der Waals surface area contributed by atoms with Crippen LogP contribution in [0.25, 0.3) is 0 Å². The van der Waals surface area contributed by atoms with Crippen LogP contribution in [0.2, 0.25) is 0 Å². The molecule has 0 spiro atoms. The molecule has 0 amide bonds. The number of ether oxygens (including phenoxy) is 1. The predicted molar refractivity (Wildman–Crippen MR) is 54.0 cm³/mol. The van der Waals surface area contributed by atoms with Crippen molar-refractivity contribution in [1.29, 1.82) is 0 Å². The molecule has 0 saturated carbocycles. The fraction of sp³-hybridized carbons (Fsp3) is 0.125. The molecular weight excluding hydrogens is 184 g/mol. The predicted octanol–water partition coefficient (Wildman–Crippen LogP) is 1.10. The van der Waals surface area contributed by atoms with Gasteiger partial charge in [-0.05, 0) is 24.3 Å². The summed E-state index contributed by atoms with van der Waals surface area (Å²) >= 11 is 0. The zero-order valence-electron chi connectivity index (χ0n) is 7.60. The summed E-state index contributed by atoms with van der Waals surface area (Å²) in [6, 6.07) is 6.98. The van der Waals surface area contributed by atoms with Crippen LogP contribution < -0.4 is 15.9 Å². The quantitative estimate of drug-likeness (QED) is 0.326. The average Bonchev–Trinajstić information content (AvgIpc) is 2.26. The first-order valence-electron chi connectivity index (χ1n) is 3.83. The van der Waals surface area contributed by atoms with Gasteiger partial charge in [0.2, 0.25) is 0 Å². The van der Waals surface area contributed by atoms with Crippen molar-refractivity contribution in [2.45, 2.75) is 0 Å². The van der Waals surface area contributed by atoms with E-state index in [9.17, 15) is 4.91 Å². The van der Waals surface area contributed by atoms with Gasteiger partial charge in [0.05, 0.1) is 12.8 Å². The van der Waals surface area contributed by atoms with Gasteiger partial charge < -0.3 is 10.5 Å². The number of nitrogens with two attached hydrogens (primary N) is 1. The summed E-state index contributed by atoms with van der Waals surface area (Å²) < 4.78 is 4.96. The van der Waals surface area contributed by atoms with Crippen molar-refractivity contribution in [2.24, 2.45) is 16.0 Å². The van der Waals surface area contributed by atoms with Gasteiger partial charge in [-0.2, -0.15) is 0 Å². The Morgan fingerprint density at radius 1 is 1.43 bits per heavy atom. The van der Waals surface area contributed by atoms with E-state index in [1.807, 2.05) is 0 Å². The minimum absolute atomic E-state index is 0.346. The summed E-state index contributed by atoms with van der Waals surface area (Å²) in [6.07, 6.45) is 0. The SMILES string of the molecule is COc1ccc(N/N=C(/N)N=O)cc1. The van der Waals surface area contributed by atoms with E-state index in [-0.39, 0.29) is 5.96 Å². The van der Waals surface area contributed by atoms with Crippen LogP contribution in [-0.2, 0) is 0 Å². The van der Waals surface area contributed by atoms with Crippen molar-refractivity contribution in [3.8, 4) is 5.75 Å². The van der Waals surface area contributed by atoms with Crippen molar-refractivity contribution >= 4 is 11.6 Å². The molecule has 0 fully saturated rings. The normalized spacial score (nSPS) is 10.8. The van der Waals surface area contributed by atoms with Gasteiger partial charge in [-0.25, -0.2) is 0 Å². The number of guanidine groups is 1. The number of rotatable bonds is 3. The van der Waals surface area contributed by atoms with Crippen LogP contribution in [0, 0.1) is 4.91 Å². The summed E-state index contributed by atoms with van der Waals surface area (Å²) in [5, 5.41) is 5.92. The number of hydrazone groups is 1. The molecule has 1 aromatic carbocycles. The Morgan fingerprint density at radius 2 is 2.07 bits per heavy atom. The fourth-order valence-corrected chi connectivity index (χ4v) is 0.808. The highest BCUT2D eigenvalue weighted by Crippen LogP contribution is 2.14. The van der Waals surface area contributed by atoms with Crippen molar-refractivity contribution in [3.05, 3.63) is 29.2 Å². The summed E-state index contributed by atoms with van der Waals surface area (Å²) in [4.78, 5) is 9.86. The molecule has 0 radical (unpaired) electrons. The van der Waals surface area contributed by atoms with Crippen LogP contribution in [0.15, 0.2) is 34.5 Å². The topological polar surface area (TPSA) is 89.1 Å². The van der Waals surface area contributed by atoms with Crippen LogP contribution in [0.1, 0.15) is 0 Å². The Hall–Kier alpha value is -2.11. The minimum atomic E-state index is -0.346. The molecule has 0 saturated heterocycles. The van der Waals surface area contributed by atoms with Crippen molar-refractivity contribution in [2.75, 3.05) is 12.5 Å². The smallest absolute Gasteiger partial charge is 0.279 e. The lowest BCUT2D eigenvalue weighted by Crippen LogP contribution is -2.09. The molecule has 0 unspecified atom stereocenters. The number of methoxy groups -OCH3 is 1. The maximum absolute atomic E-state index is 9.86. The molecule has 14 heavy (non-hydrogen) atoms. The molecule has 0 bridgehead atoms. The van der Waals surface area contributed by atoms with Gasteiger partial charge in [-0.15, -0.1) is 10.0 Å². The Morgan fingerprint density at radius 3 is 2.57 bits per heavy atom. The lowest BCUT2D eigenvalue weighted by Gasteiger charge is -2.01. The number of anilines is 1. The highest BCUT2D eigenvalue weighted by molar-refractivity contribution is 5.79. The first kappa shape index (κ1) is 9.97. The molecular formula is C8H10N4O2. The van der Waals surface area contributed by atoms with Gasteiger partial charge in [0.25, 0.3) is 5.96 Å². The van der Waals surface area contributed by atoms with Crippen LogP contribution in [-0.4, -0.2) is 13.1 Å². The van der Waals surface area contributed by atoms with E-state index in [0.717, 1.165) is 5.75 Å². The Kier molecular flexibility index (Phi) is 3.42. The van der Waals surface area contributed by atoms with Crippen molar-refractivity contribution in [3.63, 3.8) is 0 Å². The summed E-state index contributed by atoms with van der Waals surface area (Å²) in [5.41, 5.74) is 8.31. The number of benzene rings is 1. The monoisotopic (exact) mass is 194 g/mol. The molecule has 3 N–H and O–H groups in total. The Bertz CT molecular complexity index is 334. The molecule has 0 aliphatic rings. The lowest BCUT2D eigenvalue weighted by atomic mass is 10.3. The molecule has 1 rings (SSSR count). The summed E-state index contributed by atoms with van der Waals surface area (Å²) in [6.45, 7) is 0. The molecule has 74 valence electrons. The number of hydrogen-bond donors (Lipinski definition) is 2. The van der Waals surface area contributed by atoms with E-state index in [4.69, 9.17) is 10.5 Å². The van der Waals surface area contributed by atoms with Gasteiger partial charge in [0, 0.05) is 5.18 Å². The second-order valence-corrected chi connectivity index (χ2v) is 2.40. The number of nitrogens with one attached hydrogen (secondary N) is 1. The van der Waals surface area contributed by atoms with E-state index in [1.165, 1.54) is 0 Å². The van der Waals surface area contributed by atoms with E-state index >= 15 is 0 Å². The van der Waals surface area contributed by atoms with E-state index in [2.05, 4.69) is 15.7 Å². The van der Waals surface area contributed by atoms with Crippen LogP contribution in [0.5, 0.6) is 5.75 Å². The van der Waals surface area contributed by atoms with Crippen LogP contribution in [0.3, 0.4) is 0 Å². The maximum atomic E-state index is 9.86. The molecule has 0 aliphatic carbocycles. The Labute approximate surface area is 80.7 Å². The zero-order chi connectivity index (χ0) is 10.4. The van der Waals surface area contributed by atoms with Crippen molar-refractivity contribution < 1.29 is 4.74 Å². The van der Waals surface area contributed by atoms with Gasteiger partial charge in [0.1, 0.15) is 5.75 Å². The third-order valence-corrected chi connectivity index (χ3v) is 1.48. The third-order valence-electron chi connectivity index (χ3n) is 1.48. The molecule has 6 heteroatoms. The molecule has 0 aliphatic heterocycles. The fourth-order valence-electron chi connectivity index (χ4n) is 0.808. The van der Waals surface area contributed by atoms with E-state index in [0.29, 0.717) is 5.69 Å². The van der Waals surface area contributed by atoms with Gasteiger partial charge in [-0.1, -0.05) is 0 Å². The first-order valence-corrected chi connectivity index (χ1v) is 3.83. The highest BCUT2D eigenvalue weighted by Gasteiger charge is 1.92. The maximum Gasteiger partial charge on any atom is 0.279 e. The molecule has 0 atom stereocenters. The molecule has 1 aromatic rings. The summed E-state index contributed by atoms with van der Waals surface area (Å²) in [5.74, 6) is 0.391. The summed E-state index contributed by atoms with van der Waals surface area (Å²) in [7, 11) is 1.58. The second kappa shape index (κ2) is 4.80. The van der Waals surface area contributed by atoms with Crippen LogP contribution in [0.4, 0.5) is 5.69 Å². The van der Waals surface area contributed by atoms with Gasteiger partial charge >= 0.3 is 0 Å². The highest BCUT2D eigenvalue weighted by atomic mass is 16.5. The van der Waals surface area contributed by atoms with E-state index < -0.39 is 0 Å². The standard InChI is InChI=1S/C8H10N4O2/c1-14-7-4-2-6(3-5-7)10-11-8(9)12-13/h2-5,10H,1H3,(H2,9,11). The zero-order valence-corrected chi connectivity index (χ0v) is 7.60. The second-order valence-electron chi connectivity index (χ2n) is 2.40. The Balaban J connectivity index is 2.64. The van der Waals surface area contributed by atoms with Gasteiger partial charge in [0.15, 0.2) is 0 Å². The number of hydrogen-bond acceptors (Lipinski definition) is 4. The number of nitroso groups, excluding NO2 is 1. The number of nitrogens with zero attached hydrogens (tertiary/aromatic N) is 2. The van der Waals surface area contributed by atoms with Crippen LogP contribution >= 0.6 is 0 Å². The molecule has 0 aromatic heterocycles. The first-order chi connectivity index (χ1) is 6.76. The molecule has 0 heterocycles. The average molecular weight is 194 g/mol. The minimum Gasteiger partial charge on any atom is -0.497 e. The van der Waals surface area contributed by atoms with Gasteiger partial charge in [-0.3, -0.25) is 5.43 Å². The largest absolute Gasteiger partial charge is 0.497 e. The lowest BCUT2D eigenvalue weighted by molar-refractivity contribution is 0.415. The third kappa shape index (κ3) is 2.74.